The van der Waals surface area contributed by atoms with Crippen LogP contribution in [-0.4, -0.2) is 9.97 Å². The predicted octanol–water partition coefficient (Wildman–Crippen LogP) is 16.7. The van der Waals surface area contributed by atoms with E-state index in [0.717, 1.165) is 72.3 Å². The molecule has 0 saturated heterocycles. The van der Waals surface area contributed by atoms with Crippen molar-refractivity contribution in [3.05, 3.63) is 265 Å². The van der Waals surface area contributed by atoms with Gasteiger partial charge < -0.3 is 4.42 Å². The van der Waals surface area contributed by atoms with Crippen LogP contribution in [0.1, 0.15) is 22.3 Å². The molecule has 1 spiro atoms. The number of fused-ring (bicyclic) bond motifs is 15. The highest BCUT2D eigenvalue weighted by atomic mass is 16.3. The Morgan fingerprint density at radius 3 is 1.38 bits per heavy atom. The zero-order valence-electron chi connectivity index (χ0n) is 36.9. The van der Waals surface area contributed by atoms with E-state index < -0.39 is 5.41 Å². The van der Waals surface area contributed by atoms with Gasteiger partial charge in [0, 0.05) is 27.5 Å². The fourth-order valence-electron chi connectivity index (χ4n) is 11.4. The van der Waals surface area contributed by atoms with Crippen molar-refractivity contribution in [2.75, 3.05) is 0 Å². The van der Waals surface area contributed by atoms with Gasteiger partial charge in [-0.15, -0.1) is 0 Å². The van der Waals surface area contributed by atoms with E-state index in [4.69, 9.17) is 14.4 Å². The van der Waals surface area contributed by atoms with Crippen LogP contribution in [0.25, 0.3) is 111 Å². The van der Waals surface area contributed by atoms with Crippen molar-refractivity contribution in [1.29, 1.82) is 0 Å². The van der Waals surface area contributed by atoms with Gasteiger partial charge in [0.25, 0.3) is 0 Å². The Labute approximate surface area is 394 Å². The highest BCUT2D eigenvalue weighted by molar-refractivity contribution is 6.09. The molecule has 316 valence electrons. The van der Waals surface area contributed by atoms with Crippen molar-refractivity contribution >= 4 is 21.9 Å². The molecule has 3 nitrogen and oxygen atoms in total. The summed E-state index contributed by atoms with van der Waals surface area (Å²) in [6.45, 7) is 0. The Kier molecular flexibility index (Phi) is 8.50. The minimum atomic E-state index is -0.636. The summed E-state index contributed by atoms with van der Waals surface area (Å²) in [7, 11) is 0. The van der Waals surface area contributed by atoms with Crippen LogP contribution in [0, 0.1) is 0 Å². The van der Waals surface area contributed by atoms with Gasteiger partial charge in [-0.25, -0.2) is 9.97 Å². The first-order chi connectivity index (χ1) is 33.7. The monoisotopic (exact) mass is 864 g/mol. The van der Waals surface area contributed by atoms with Crippen LogP contribution >= 0.6 is 0 Å². The standard InChI is InChI=1S/C65H40N2O/c1-3-18-41(19-4-1)44-36-45(42-20-5-2-6-21-42)38-46(37-44)60-40-61(55-29-17-28-54-53-27-12-16-33-62(53)68-63(54)55)67-64(66-60)43-34-35-52-51-26-11-15-32-58(51)65(59(52)39-43)56-30-13-9-24-49(56)47-22-7-8-23-48(47)50-25-10-14-31-57(50)65/h1-40H. The van der Waals surface area contributed by atoms with E-state index in [1.165, 1.54) is 55.6 Å². The topological polar surface area (TPSA) is 38.9 Å². The van der Waals surface area contributed by atoms with Crippen molar-refractivity contribution in [3.8, 4) is 89.5 Å². The van der Waals surface area contributed by atoms with Crippen molar-refractivity contribution in [2.24, 2.45) is 0 Å². The van der Waals surface area contributed by atoms with Crippen LogP contribution in [0.3, 0.4) is 0 Å². The minimum absolute atomic E-state index is 0.636. The average Bonchev–Trinajstić information content (AvgIpc) is 3.91. The number of para-hydroxylation sites is 2. The first kappa shape index (κ1) is 38.4. The van der Waals surface area contributed by atoms with Crippen LogP contribution in [0.2, 0.25) is 0 Å². The molecule has 0 amide bonds. The summed E-state index contributed by atoms with van der Waals surface area (Å²) in [6.07, 6.45) is 0. The smallest absolute Gasteiger partial charge is 0.160 e. The lowest BCUT2D eigenvalue weighted by molar-refractivity contribution is 0.670. The molecule has 2 aliphatic rings. The molecule has 0 N–H and O–H groups in total. The second-order valence-electron chi connectivity index (χ2n) is 18.0. The average molecular weight is 865 g/mol. The maximum Gasteiger partial charge on any atom is 0.160 e. The van der Waals surface area contributed by atoms with Crippen LogP contribution in [0.4, 0.5) is 0 Å². The van der Waals surface area contributed by atoms with E-state index in [0.29, 0.717) is 5.82 Å². The summed E-state index contributed by atoms with van der Waals surface area (Å²) in [5.74, 6) is 0.643. The Morgan fingerprint density at radius 1 is 0.279 bits per heavy atom. The largest absolute Gasteiger partial charge is 0.455 e. The molecular weight excluding hydrogens is 825 g/mol. The number of benzene rings is 10. The number of furan rings is 1. The lowest BCUT2D eigenvalue weighted by Gasteiger charge is -2.35. The van der Waals surface area contributed by atoms with Crippen LogP contribution in [-0.2, 0) is 5.41 Å². The maximum atomic E-state index is 6.70. The Bertz CT molecular complexity index is 3850. The SMILES string of the molecule is c1ccc(-c2cc(-c3ccccc3)cc(-c3cc(-c4cccc5c4oc4ccccc45)nc(-c4ccc5c(c4)C4(c6ccccc6-c6ccccc6-c6ccccc64)c4ccccc4-5)n3)c2)cc1. The molecule has 0 radical (unpaired) electrons. The van der Waals surface area contributed by atoms with Gasteiger partial charge in [0.15, 0.2) is 5.82 Å². The van der Waals surface area contributed by atoms with Gasteiger partial charge in [0.2, 0.25) is 0 Å². The molecule has 3 heteroatoms. The summed E-state index contributed by atoms with van der Waals surface area (Å²) in [5, 5.41) is 2.14. The van der Waals surface area contributed by atoms with Crippen molar-refractivity contribution in [3.63, 3.8) is 0 Å². The van der Waals surface area contributed by atoms with Gasteiger partial charge in [0.05, 0.1) is 16.8 Å². The molecule has 68 heavy (non-hydrogen) atoms. The van der Waals surface area contributed by atoms with Crippen LogP contribution in [0.5, 0.6) is 0 Å². The summed E-state index contributed by atoms with van der Waals surface area (Å²) in [5.41, 5.74) is 22.4. The van der Waals surface area contributed by atoms with Crippen LogP contribution in [0.15, 0.2) is 247 Å². The summed E-state index contributed by atoms with van der Waals surface area (Å²) in [6, 6.07) is 87.7. The first-order valence-corrected chi connectivity index (χ1v) is 23.3. The van der Waals surface area contributed by atoms with Gasteiger partial charge in [0.1, 0.15) is 11.2 Å². The first-order valence-electron chi connectivity index (χ1n) is 23.3. The molecule has 2 aromatic heterocycles. The zero-order valence-corrected chi connectivity index (χ0v) is 36.9. The second kappa shape index (κ2) is 15.1. The third kappa shape index (κ3) is 5.72. The molecule has 0 saturated carbocycles. The molecule has 0 bridgehead atoms. The van der Waals surface area contributed by atoms with E-state index in [1.807, 2.05) is 12.1 Å². The Hall–Kier alpha value is -8.92. The molecule has 2 aliphatic carbocycles. The lowest BCUT2D eigenvalue weighted by Crippen LogP contribution is -2.29. The predicted molar refractivity (Wildman–Crippen MR) is 278 cm³/mol. The second-order valence-corrected chi connectivity index (χ2v) is 18.0. The van der Waals surface area contributed by atoms with E-state index >= 15 is 0 Å². The van der Waals surface area contributed by atoms with Gasteiger partial charge in [-0.05, 0) is 120 Å². The summed E-state index contributed by atoms with van der Waals surface area (Å²) < 4.78 is 6.70. The van der Waals surface area contributed by atoms with Gasteiger partial charge in [-0.2, -0.15) is 0 Å². The fourth-order valence-corrected chi connectivity index (χ4v) is 11.4. The van der Waals surface area contributed by atoms with Crippen molar-refractivity contribution in [2.45, 2.75) is 5.41 Å². The molecule has 14 rings (SSSR count). The molecule has 10 aromatic carbocycles. The van der Waals surface area contributed by atoms with Gasteiger partial charge >= 0.3 is 0 Å². The third-order valence-electron chi connectivity index (χ3n) is 14.3. The zero-order chi connectivity index (χ0) is 44.8. The van der Waals surface area contributed by atoms with E-state index in [1.54, 1.807) is 0 Å². The van der Waals surface area contributed by atoms with Crippen molar-refractivity contribution in [1.82, 2.24) is 9.97 Å². The number of hydrogen-bond donors (Lipinski definition) is 0. The van der Waals surface area contributed by atoms with E-state index in [2.05, 4.69) is 231 Å². The quantitative estimate of drug-likeness (QED) is 0.173. The summed E-state index contributed by atoms with van der Waals surface area (Å²) in [4.78, 5) is 11.2. The lowest BCUT2D eigenvalue weighted by atomic mass is 9.66. The Balaban J connectivity index is 1.05. The highest BCUT2D eigenvalue weighted by Gasteiger charge is 2.49. The number of hydrogen-bond acceptors (Lipinski definition) is 3. The molecule has 0 unspecified atom stereocenters. The minimum Gasteiger partial charge on any atom is -0.455 e. The highest BCUT2D eigenvalue weighted by Crippen LogP contribution is 2.61. The maximum absolute atomic E-state index is 6.70. The summed E-state index contributed by atoms with van der Waals surface area (Å²) >= 11 is 0. The third-order valence-corrected chi connectivity index (χ3v) is 14.3. The van der Waals surface area contributed by atoms with Crippen LogP contribution < -0.4 is 0 Å². The van der Waals surface area contributed by atoms with Crippen molar-refractivity contribution < 1.29 is 4.42 Å². The molecule has 12 aromatic rings. The number of aromatic nitrogens is 2. The number of rotatable bonds is 5. The normalized spacial score (nSPS) is 12.8. The Morgan fingerprint density at radius 2 is 0.750 bits per heavy atom. The van der Waals surface area contributed by atoms with Gasteiger partial charge in [-0.1, -0.05) is 200 Å². The molecule has 0 aliphatic heterocycles. The molecule has 2 heterocycles. The molecular formula is C65H40N2O. The van der Waals surface area contributed by atoms with Gasteiger partial charge in [-0.3, -0.25) is 0 Å². The molecule has 0 atom stereocenters. The molecule has 0 fully saturated rings. The van der Waals surface area contributed by atoms with E-state index in [9.17, 15) is 0 Å². The fraction of sp³-hybridized carbons (Fsp3) is 0.0154. The van der Waals surface area contributed by atoms with E-state index in [-0.39, 0.29) is 0 Å². The number of nitrogens with zero attached hydrogens (tertiary/aromatic N) is 2.